The molecule has 4 rings (SSSR count). The number of likely N-dealkylation sites (N-methyl/N-ethyl adjacent to an activating group) is 1. The van der Waals surface area contributed by atoms with Crippen LogP contribution in [0.4, 0.5) is 4.79 Å². The van der Waals surface area contributed by atoms with Gasteiger partial charge in [-0.1, -0.05) is 0 Å². The second kappa shape index (κ2) is 7.07. The molecule has 0 aromatic carbocycles. The molecule has 0 spiro atoms. The molecule has 0 radical (unpaired) electrons. The molecule has 152 valence electrons. The second-order valence-electron chi connectivity index (χ2n) is 7.55. The lowest BCUT2D eigenvalue weighted by Crippen LogP contribution is -2.57. The van der Waals surface area contributed by atoms with E-state index in [1.807, 2.05) is 10.6 Å². The van der Waals surface area contributed by atoms with Crippen molar-refractivity contribution in [2.24, 2.45) is 0 Å². The molecule has 4 atom stereocenters. The van der Waals surface area contributed by atoms with Gasteiger partial charge in [-0.25, -0.2) is 4.79 Å². The van der Waals surface area contributed by atoms with Crippen molar-refractivity contribution in [3.05, 3.63) is 22.4 Å². The van der Waals surface area contributed by atoms with E-state index in [9.17, 15) is 14.4 Å². The molecule has 28 heavy (non-hydrogen) atoms. The predicted octanol–water partition coefficient (Wildman–Crippen LogP) is 0.960. The van der Waals surface area contributed by atoms with Gasteiger partial charge in [-0.2, -0.15) is 0 Å². The highest BCUT2D eigenvalue weighted by molar-refractivity contribution is 9.10. The van der Waals surface area contributed by atoms with Crippen LogP contribution in [-0.4, -0.2) is 65.3 Å². The number of hydrogen-bond donors (Lipinski definition) is 3. The monoisotopic (exact) mass is 453 g/mol. The number of amides is 4. The highest BCUT2D eigenvalue weighted by Crippen LogP contribution is 2.48. The van der Waals surface area contributed by atoms with Gasteiger partial charge in [0, 0.05) is 33.5 Å². The Kier molecular flexibility index (Phi) is 4.86. The molecular weight excluding hydrogens is 430 g/mol. The summed E-state index contributed by atoms with van der Waals surface area (Å²) >= 11 is 3.54. The summed E-state index contributed by atoms with van der Waals surface area (Å²) in [5, 5.41) is 8.82. The number of aromatic nitrogens is 1. The van der Waals surface area contributed by atoms with Crippen LogP contribution < -0.4 is 16.0 Å². The van der Waals surface area contributed by atoms with Crippen molar-refractivity contribution in [2.75, 3.05) is 20.2 Å². The van der Waals surface area contributed by atoms with Crippen molar-refractivity contribution in [1.29, 1.82) is 0 Å². The lowest BCUT2D eigenvalue weighted by Gasteiger charge is -2.35. The fourth-order valence-electron chi connectivity index (χ4n) is 4.59. The molecule has 1 saturated carbocycles. The van der Waals surface area contributed by atoms with E-state index in [0.29, 0.717) is 25.3 Å². The lowest BCUT2D eigenvalue weighted by atomic mass is 10.0. The van der Waals surface area contributed by atoms with Gasteiger partial charge in [0.2, 0.25) is 5.91 Å². The molecule has 1 aromatic heterocycles. The van der Waals surface area contributed by atoms with Gasteiger partial charge in [0.1, 0.15) is 11.7 Å². The van der Waals surface area contributed by atoms with Gasteiger partial charge in [0.05, 0.1) is 16.7 Å². The van der Waals surface area contributed by atoms with E-state index in [0.717, 1.165) is 17.4 Å². The number of unbranched alkanes of at least 4 members (excludes halogenated alkanes) is 1. The van der Waals surface area contributed by atoms with Gasteiger partial charge >= 0.3 is 6.03 Å². The zero-order valence-corrected chi connectivity index (χ0v) is 17.4. The summed E-state index contributed by atoms with van der Waals surface area (Å²) in [5.74, 6) is -0.199. The third-order valence-electron chi connectivity index (χ3n) is 5.94. The summed E-state index contributed by atoms with van der Waals surface area (Å²) in [7, 11) is 1.73. The highest BCUT2D eigenvalue weighted by atomic mass is 79.9. The Bertz CT molecular complexity index is 827. The summed E-state index contributed by atoms with van der Waals surface area (Å²) < 4.78 is 9.14. The number of halogens is 1. The van der Waals surface area contributed by atoms with Crippen LogP contribution >= 0.6 is 15.9 Å². The van der Waals surface area contributed by atoms with E-state index in [2.05, 4.69) is 31.9 Å². The first-order valence-electron chi connectivity index (χ1n) is 9.45. The minimum Gasteiger partial charge on any atom is -0.356 e. The highest BCUT2D eigenvalue weighted by Gasteiger charge is 2.65. The predicted molar refractivity (Wildman–Crippen MR) is 104 cm³/mol. The number of nitrogens with one attached hydrogen (secondary N) is 3. The normalized spacial score (nSPS) is 30.4. The molecule has 0 unspecified atom stereocenters. The van der Waals surface area contributed by atoms with Crippen molar-refractivity contribution in [2.45, 2.75) is 50.0 Å². The third-order valence-corrected chi connectivity index (χ3v) is 6.59. The standard InChI is InChI=1S/C18H24BrN5O4/c1-10(25)20-7-3-4-8-28-18-9-12-14(15(18)22-17(27)23(18)2)21-16(26)11-5-6-13(19)24(11)12/h5-6,12,14-15H,3-4,7-9H2,1-2H3,(H,20,25)(H,21,26)(H,22,27)/t12-,14-,15+,18+/m1/s1. The summed E-state index contributed by atoms with van der Waals surface area (Å²) in [5.41, 5.74) is -0.216. The fraction of sp³-hybridized carbons (Fsp3) is 0.611. The zero-order valence-electron chi connectivity index (χ0n) is 15.8. The topological polar surface area (TPSA) is 105 Å². The van der Waals surface area contributed by atoms with E-state index < -0.39 is 5.72 Å². The van der Waals surface area contributed by atoms with Gasteiger partial charge in [-0.05, 0) is 40.9 Å². The molecule has 9 nitrogen and oxygen atoms in total. The van der Waals surface area contributed by atoms with E-state index in [1.165, 1.54) is 6.92 Å². The first-order valence-corrected chi connectivity index (χ1v) is 10.2. The second-order valence-corrected chi connectivity index (χ2v) is 8.36. The smallest absolute Gasteiger partial charge is 0.319 e. The third kappa shape index (κ3) is 2.89. The van der Waals surface area contributed by atoms with Crippen molar-refractivity contribution >= 4 is 33.8 Å². The minimum atomic E-state index is -0.820. The van der Waals surface area contributed by atoms with E-state index in [-0.39, 0.29) is 36.0 Å². The minimum absolute atomic E-state index is 0.0236. The molecule has 3 N–H and O–H groups in total. The molecule has 1 aromatic rings. The largest absolute Gasteiger partial charge is 0.356 e. The molecular formula is C18H24BrN5O4. The van der Waals surface area contributed by atoms with Crippen LogP contribution in [0.25, 0.3) is 0 Å². The Morgan fingerprint density at radius 2 is 2.14 bits per heavy atom. The summed E-state index contributed by atoms with van der Waals surface area (Å²) in [6.45, 7) is 2.55. The number of urea groups is 1. The molecule has 0 bridgehead atoms. The van der Waals surface area contributed by atoms with Crippen LogP contribution in [-0.2, 0) is 9.53 Å². The first kappa shape index (κ1) is 19.3. The molecule has 1 saturated heterocycles. The Labute approximate surface area is 171 Å². The average Bonchev–Trinajstić information content (AvgIpc) is 3.24. The molecule has 3 aliphatic rings. The molecule has 3 heterocycles. The lowest BCUT2D eigenvalue weighted by molar-refractivity contribution is -0.120. The van der Waals surface area contributed by atoms with E-state index >= 15 is 0 Å². The van der Waals surface area contributed by atoms with Crippen LogP contribution in [0.2, 0.25) is 0 Å². The SMILES string of the molecule is CC(=O)NCCCCO[C@@]12C[C@@H]3[C@@H](NC(=O)c4ccc(Br)n43)[C@@H]1NC(=O)N2C. The van der Waals surface area contributed by atoms with Crippen LogP contribution in [0.3, 0.4) is 0 Å². The molecule has 2 aliphatic heterocycles. The van der Waals surface area contributed by atoms with Crippen LogP contribution in [0.1, 0.15) is 42.7 Å². The number of ether oxygens (including phenoxy) is 1. The number of fused-ring (bicyclic) bond motifs is 5. The van der Waals surface area contributed by atoms with Crippen molar-refractivity contribution < 1.29 is 19.1 Å². The number of rotatable bonds is 6. The average molecular weight is 454 g/mol. The number of nitrogens with zero attached hydrogens (tertiary/aromatic N) is 2. The summed E-state index contributed by atoms with van der Waals surface area (Å²) in [6, 6.07) is 2.84. The fourth-order valence-corrected chi connectivity index (χ4v) is 5.18. The molecule has 1 aliphatic carbocycles. The first-order chi connectivity index (χ1) is 13.3. The Balaban J connectivity index is 1.52. The Morgan fingerprint density at radius 1 is 1.36 bits per heavy atom. The zero-order chi connectivity index (χ0) is 20.1. The maximum atomic E-state index is 12.5. The van der Waals surface area contributed by atoms with Crippen LogP contribution in [0.15, 0.2) is 16.7 Å². The van der Waals surface area contributed by atoms with Crippen LogP contribution in [0, 0.1) is 0 Å². The quantitative estimate of drug-likeness (QED) is 0.557. The Hall–Kier alpha value is -2.07. The van der Waals surface area contributed by atoms with Gasteiger partial charge in [0.15, 0.2) is 5.72 Å². The maximum absolute atomic E-state index is 12.5. The molecule has 2 fully saturated rings. The van der Waals surface area contributed by atoms with Crippen molar-refractivity contribution in [3.8, 4) is 0 Å². The Morgan fingerprint density at radius 3 is 2.89 bits per heavy atom. The maximum Gasteiger partial charge on any atom is 0.319 e. The van der Waals surface area contributed by atoms with Crippen LogP contribution in [0.5, 0.6) is 0 Å². The van der Waals surface area contributed by atoms with E-state index in [4.69, 9.17) is 4.74 Å². The van der Waals surface area contributed by atoms with Crippen molar-refractivity contribution in [1.82, 2.24) is 25.4 Å². The number of hydrogen-bond acceptors (Lipinski definition) is 4. The summed E-state index contributed by atoms with van der Waals surface area (Å²) in [6.07, 6.45) is 2.13. The number of carbonyl (C=O) groups excluding carboxylic acids is 3. The van der Waals surface area contributed by atoms with Gasteiger partial charge in [-0.15, -0.1) is 0 Å². The molecule has 4 amide bonds. The van der Waals surface area contributed by atoms with Gasteiger partial charge < -0.3 is 25.3 Å². The number of carbonyl (C=O) groups is 3. The van der Waals surface area contributed by atoms with Gasteiger partial charge in [0.25, 0.3) is 5.91 Å². The molecule has 10 heteroatoms. The van der Waals surface area contributed by atoms with Crippen molar-refractivity contribution in [3.63, 3.8) is 0 Å². The summed E-state index contributed by atoms with van der Waals surface area (Å²) in [4.78, 5) is 37.5. The van der Waals surface area contributed by atoms with Gasteiger partial charge in [-0.3, -0.25) is 14.5 Å². The van der Waals surface area contributed by atoms with E-state index in [1.54, 1.807) is 18.0 Å².